The van der Waals surface area contributed by atoms with Gasteiger partial charge in [0.25, 0.3) is 0 Å². The number of imide groups is 1. The van der Waals surface area contributed by atoms with E-state index in [-0.39, 0.29) is 0 Å². The molecule has 1 aromatic rings. The number of aliphatic hydroxyl groups is 1. The molecule has 3 rings (SSSR count). The second kappa shape index (κ2) is 4.92. The lowest BCUT2D eigenvalue weighted by Gasteiger charge is -2.29. The SMILES string of the molecule is COC(=O)[C@@]1(CO)N[C@@H](c2ccoc2)[C@H]2C(=O)N(C)C(=O)[C@H]21. The first-order valence-electron chi connectivity index (χ1n) is 6.78. The summed E-state index contributed by atoms with van der Waals surface area (Å²) >= 11 is 0. The summed E-state index contributed by atoms with van der Waals surface area (Å²) in [5, 5.41) is 12.7. The smallest absolute Gasteiger partial charge is 0.329 e. The fraction of sp³-hybridized carbons (Fsp3) is 0.500. The van der Waals surface area contributed by atoms with Gasteiger partial charge in [0.1, 0.15) is 0 Å². The van der Waals surface area contributed by atoms with Crippen LogP contribution in [0.1, 0.15) is 11.6 Å². The van der Waals surface area contributed by atoms with Gasteiger partial charge in [-0.2, -0.15) is 0 Å². The molecular formula is C14H16N2O6. The Morgan fingerprint density at radius 3 is 2.77 bits per heavy atom. The van der Waals surface area contributed by atoms with E-state index in [4.69, 9.17) is 9.15 Å². The van der Waals surface area contributed by atoms with Crippen LogP contribution in [-0.2, 0) is 19.1 Å². The van der Waals surface area contributed by atoms with Crippen LogP contribution in [0.2, 0.25) is 0 Å². The van der Waals surface area contributed by atoms with Crippen LogP contribution >= 0.6 is 0 Å². The number of nitrogens with zero attached hydrogens (tertiary/aromatic N) is 1. The van der Waals surface area contributed by atoms with Crippen molar-refractivity contribution in [3.05, 3.63) is 24.2 Å². The maximum atomic E-state index is 12.4. The first kappa shape index (κ1) is 14.7. The van der Waals surface area contributed by atoms with Gasteiger partial charge < -0.3 is 14.3 Å². The first-order chi connectivity index (χ1) is 10.5. The average Bonchev–Trinajstić information content (AvgIpc) is 3.21. The first-order valence-corrected chi connectivity index (χ1v) is 6.78. The third-order valence-electron chi connectivity index (χ3n) is 4.58. The predicted octanol–water partition coefficient (Wildman–Crippen LogP) is -0.941. The van der Waals surface area contributed by atoms with Crippen LogP contribution in [0.15, 0.2) is 23.0 Å². The van der Waals surface area contributed by atoms with Crippen LogP contribution in [0.25, 0.3) is 0 Å². The van der Waals surface area contributed by atoms with Gasteiger partial charge in [0.15, 0.2) is 5.54 Å². The molecule has 0 unspecified atom stereocenters. The molecule has 2 saturated heterocycles. The highest BCUT2D eigenvalue weighted by Gasteiger charge is 2.68. The zero-order chi connectivity index (χ0) is 16.1. The van der Waals surface area contributed by atoms with Gasteiger partial charge in [0.2, 0.25) is 11.8 Å². The lowest BCUT2D eigenvalue weighted by Crippen LogP contribution is -2.58. The molecule has 2 fully saturated rings. The van der Waals surface area contributed by atoms with E-state index < -0.39 is 47.8 Å². The minimum atomic E-state index is -1.64. The molecule has 2 N–H and O–H groups in total. The Kier molecular flexibility index (Phi) is 3.30. The minimum Gasteiger partial charge on any atom is -0.472 e. The molecule has 1 aromatic heterocycles. The molecule has 2 amide bonds. The third kappa shape index (κ3) is 1.68. The van der Waals surface area contributed by atoms with E-state index in [0.29, 0.717) is 5.56 Å². The number of rotatable bonds is 3. The highest BCUT2D eigenvalue weighted by atomic mass is 16.5. The topological polar surface area (TPSA) is 109 Å². The summed E-state index contributed by atoms with van der Waals surface area (Å²) in [6, 6.07) is 1.03. The molecule has 8 heteroatoms. The van der Waals surface area contributed by atoms with Crippen LogP contribution in [0, 0.1) is 11.8 Å². The molecule has 0 radical (unpaired) electrons. The van der Waals surface area contributed by atoms with E-state index in [2.05, 4.69) is 5.32 Å². The summed E-state index contributed by atoms with van der Waals surface area (Å²) in [5.41, 5.74) is -1.01. The number of hydrogen-bond donors (Lipinski definition) is 2. The van der Waals surface area contributed by atoms with E-state index >= 15 is 0 Å². The zero-order valence-electron chi connectivity index (χ0n) is 12.1. The van der Waals surface area contributed by atoms with Crippen molar-refractivity contribution in [2.24, 2.45) is 11.8 Å². The van der Waals surface area contributed by atoms with Gasteiger partial charge in [0, 0.05) is 18.7 Å². The van der Waals surface area contributed by atoms with Gasteiger partial charge in [-0.05, 0) is 6.07 Å². The zero-order valence-corrected chi connectivity index (χ0v) is 12.1. The number of ether oxygens (including phenoxy) is 1. The van der Waals surface area contributed by atoms with Gasteiger partial charge in [-0.1, -0.05) is 0 Å². The van der Waals surface area contributed by atoms with Crippen LogP contribution in [0.3, 0.4) is 0 Å². The van der Waals surface area contributed by atoms with E-state index in [1.165, 1.54) is 26.7 Å². The van der Waals surface area contributed by atoms with Crippen molar-refractivity contribution in [3.63, 3.8) is 0 Å². The monoisotopic (exact) mass is 308 g/mol. The minimum absolute atomic E-state index is 0.395. The lowest BCUT2D eigenvalue weighted by molar-refractivity contribution is -0.156. The lowest BCUT2D eigenvalue weighted by atomic mass is 9.80. The van der Waals surface area contributed by atoms with Crippen molar-refractivity contribution >= 4 is 17.8 Å². The number of likely N-dealkylation sites (tertiary alicyclic amines) is 1. The molecule has 2 aliphatic rings. The molecule has 0 saturated carbocycles. The molecule has 8 nitrogen and oxygen atoms in total. The van der Waals surface area contributed by atoms with Gasteiger partial charge in [0.05, 0.1) is 38.1 Å². The molecule has 0 spiro atoms. The largest absolute Gasteiger partial charge is 0.472 e. The Bertz CT molecular complexity index is 627. The van der Waals surface area contributed by atoms with E-state index in [1.807, 2.05) is 0 Å². The maximum absolute atomic E-state index is 12.4. The average molecular weight is 308 g/mol. The number of furan rings is 1. The Balaban J connectivity index is 2.13. The number of carbonyl (C=O) groups is 3. The molecule has 0 aromatic carbocycles. The molecule has 3 heterocycles. The Morgan fingerprint density at radius 2 is 2.23 bits per heavy atom. The standard InChI is InChI=1S/C14H16N2O6/c1-16-11(18)8-9(12(16)19)14(6-17,13(20)21-2)15-10(8)7-3-4-22-5-7/h3-5,8-10,15,17H,6H2,1-2H3/t8-,9-,10-,14-/m0/s1. The van der Waals surface area contributed by atoms with Crippen LogP contribution in [0.5, 0.6) is 0 Å². The molecule has 4 atom stereocenters. The van der Waals surface area contributed by atoms with Crippen molar-refractivity contribution in [3.8, 4) is 0 Å². The number of hydrogen-bond acceptors (Lipinski definition) is 7. The predicted molar refractivity (Wildman–Crippen MR) is 71.2 cm³/mol. The Labute approximate surface area is 126 Å². The number of aliphatic hydroxyl groups excluding tert-OH is 1. The second-order valence-corrected chi connectivity index (χ2v) is 5.54. The number of amides is 2. The fourth-order valence-corrected chi connectivity index (χ4v) is 3.47. The molecular weight excluding hydrogens is 292 g/mol. The van der Waals surface area contributed by atoms with Crippen molar-refractivity contribution in [2.45, 2.75) is 11.6 Å². The number of nitrogens with one attached hydrogen (secondary N) is 1. The van der Waals surface area contributed by atoms with Crippen molar-refractivity contribution in [1.82, 2.24) is 10.2 Å². The number of carbonyl (C=O) groups excluding carboxylic acids is 3. The Hall–Kier alpha value is -2.19. The third-order valence-corrected chi connectivity index (χ3v) is 4.58. The Morgan fingerprint density at radius 1 is 1.50 bits per heavy atom. The van der Waals surface area contributed by atoms with E-state index in [0.717, 1.165) is 4.90 Å². The van der Waals surface area contributed by atoms with Gasteiger partial charge in [-0.25, -0.2) is 4.79 Å². The molecule has 22 heavy (non-hydrogen) atoms. The van der Waals surface area contributed by atoms with Gasteiger partial charge in [-0.15, -0.1) is 0 Å². The summed E-state index contributed by atoms with van der Waals surface area (Å²) < 4.78 is 9.78. The molecule has 118 valence electrons. The van der Waals surface area contributed by atoms with Crippen molar-refractivity contribution < 1.29 is 28.6 Å². The number of fused-ring (bicyclic) bond motifs is 1. The molecule has 0 bridgehead atoms. The molecule has 2 aliphatic heterocycles. The highest BCUT2D eigenvalue weighted by Crippen LogP contribution is 2.48. The fourth-order valence-electron chi connectivity index (χ4n) is 3.47. The summed E-state index contributed by atoms with van der Waals surface area (Å²) in [6.45, 7) is -0.651. The highest BCUT2D eigenvalue weighted by molar-refractivity contribution is 6.09. The summed E-state index contributed by atoms with van der Waals surface area (Å²) in [6.07, 6.45) is 2.88. The van der Waals surface area contributed by atoms with Crippen molar-refractivity contribution in [1.29, 1.82) is 0 Å². The molecule has 0 aliphatic carbocycles. The second-order valence-electron chi connectivity index (χ2n) is 5.54. The van der Waals surface area contributed by atoms with Crippen LogP contribution < -0.4 is 5.32 Å². The normalized spacial score (nSPS) is 34.1. The summed E-state index contributed by atoms with van der Waals surface area (Å²) in [7, 11) is 2.54. The van der Waals surface area contributed by atoms with Gasteiger partial charge >= 0.3 is 5.97 Å². The van der Waals surface area contributed by atoms with E-state index in [1.54, 1.807) is 6.07 Å². The van der Waals surface area contributed by atoms with Crippen LogP contribution in [-0.4, -0.2) is 54.1 Å². The summed E-state index contributed by atoms with van der Waals surface area (Å²) in [5.74, 6) is -3.47. The van der Waals surface area contributed by atoms with Crippen molar-refractivity contribution in [2.75, 3.05) is 20.8 Å². The number of methoxy groups -OCH3 is 1. The number of esters is 1. The maximum Gasteiger partial charge on any atom is 0.329 e. The van der Waals surface area contributed by atoms with Crippen LogP contribution in [0.4, 0.5) is 0 Å². The quantitative estimate of drug-likeness (QED) is 0.548. The van der Waals surface area contributed by atoms with Gasteiger partial charge in [-0.3, -0.25) is 19.8 Å². The van der Waals surface area contributed by atoms with E-state index in [9.17, 15) is 19.5 Å². The summed E-state index contributed by atoms with van der Waals surface area (Å²) in [4.78, 5) is 38.1.